The average Bonchev–Trinajstić information content (AvgIpc) is 2.59. The third kappa shape index (κ3) is 4.58. The highest BCUT2D eigenvalue weighted by Crippen LogP contribution is 2.12. The molecular weight excluding hydrogens is 328 g/mol. The van der Waals surface area contributed by atoms with Crippen LogP contribution in [-0.2, 0) is 6.54 Å². The van der Waals surface area contributed by atoms with Crippen molar-refractivity contribution in [2.75, 3.05) is 27.2 Å². The number of aromatic nitrogens is 2. The summed E-state index contributed by atoms with van der Waals surface area (Å²) in [5, 5.41) is 0. The molecule has 26 heavy (non-hydrogen) atoms. The number of hydrogen-bond acceptors (Lipinski definition) is 4. The molecule has 0 aliphatic heterocycles. The van der Waals surface area contributed by atoms with Gasteiger partial charge in [0, 0.05) is 44.3 Å². The molecule has 2 aromatic heterocycles. The lowest BCUT2D eigenvalue weighted by atomic mass is 10.1. The molecule has 2 heterocycles. The predicted octanol–water partition coefficient (Wildman–Crippen LogP) is 2.34. The molecule has 0 N–H and O–H groups in total. The highest BCUT2D eigenvalue weighted by molar-refractivity contribution is 5.95. The first-order valence-electron chi connectivity index (χ1n) is 8.89. The fraction of sp³-hybridized carbons (Fsp3) is 0.450. The van der Waals surface area contributed by atoms with Crippen molar-refractivity contribution in [2.45, 2.75) is 33.4 Å². The molecule has 0 aromatic carbocycles. The van der Waals surface area contributed by atoms with Crippen molar-refractivity contribution in [1.82, 2.24) is 19.4 Å². The Bertz CT molecular complexity index is 799. The maximum Gasteiger partial charge on any atom is 0.263 e. The van der Waals surface area contributed by atoms with E-state index in [1.165, 1.54) is 0 Å². The minimum atomic E-state index is -0.225. The summed E-state index contributed by atoms with van der Waals surface area (Å²) >= 11 is 0. The van der Waals surface area contributed by atoms with Crippen LogP contribution >= 0.6 is 0 Å². The topological polar surface area (TPSA) is 58.4 Å². The Labute approximate surface area is 155 Å². The van der Waals surface area contributed by atoms with Gasteiger partial charge in [0.05, 0.1) is 0 Å². The molecule has 2 aromatic rings. The Morgan fingerprint density at radius 2 is 1.88 bits per heavy atom. The number of likely N-dealkylation sites (N-methyl/N-ethyl adjacent to an activating group) is 1. The van der Waals surface area contributed by atoms with E-state index in [4.69, 9.17) is 0 Å². The molecule has 140 valence electrons. The van der Waals surface area contributed by atoms with E-state index in [0.717, 1.165) is 12.1 Å². The summed E-state index contributed by atoms with van der Waals surface area (Å²) < 4.78 is 1.65. The molecule has 6 nitrogen and oxygen atoms in total. The molecule has 0 bridgehead atoms. The number of carbonyl (C=O) groups excluding carboxylic acids is 1. The zero-order chi connectivity index (χ0) is 19.3. The Hall–Kier alpha value is -2.47. The van der Waals surface area contributed by atoms with Crippen LogP contribution in [0.5, 0.6) is 0 Å². The molecule has 0 fully saturated rings. The second kappa shape index (κ2) is 8.76. The third-order valence-electron chi connectivity index (χ3n) is 4.44. The molecule has 6 heteroatoms. The first-order valence-corrected chi connectivity index (χ1v) is 8.89. The Balaban J connectivity index is 2.36. The van der Waals surface area contributed by atoms with Gasteiger partial charge in [-0.1, -0.05) is 0 Å². The van der Waals surface area contributed by atoms with Gasteiger partial charge in [0.25, 0.3) is 11.5 Å². The van der Waals surface area contributed by atoms with Gasteiger partial charge in [0.15, 0.2) is 0 Å². The maximum absolute atomic E-state index is 13.1. The fourth-order valence-electron chi connectivity index (χ4n) is 3.06. The van der Waals surface area contributed by atoms with Crippen LogP contribution in [0.3, 0.4) is 0 Å². The van der Waals surface area contributed by atoms with Gasteiger partial charge in [-0.2, -0.15) is 0 Å². The quantitative estimate of drug-likeness (QED) is 0.764. The third-order valence-corrected chi connectivity index (χ3v) is 4.44. The summed E-state index contributed by atoms with van der Waals surface area (Å²) in [5.74, 6) is -0.224. The first-order chi connectivity index (χ1) is 12.3. The van der Waals surface area contributed by atoms with Gasteiger partial charge in [-0.25, -0.2) is 0 Å². The molecule has 0 aliphatic rings. The van der Waals surface area contributed by atoms with Crippen LogP contribution in [0.25, 0.3) is 0 Å². The van der Waals surface area contributed by atoms with E-state index < -0.39 is 0 Å². The van der Waals surface area contributed by atoms with Crippen molar-refractivity contribution in [3.8, 4) is 0 Å². The Morgan fingerprint density at radius 3 is 2.46 bits per heavy atom. The van der Waals surface area contributed by atoms with Crippen LogP contribution in [0.1, 0.15) is 41.4 Å². The molecule has 0 saturated heterocycles. The summed E-state index contributed by atoms with van der Waals surface area (Å²) in [7, 11) is 3.94. The summed E-state index contributed by atoms with van der Waals surface area (Å²) in [6.45, 7) is 7.44. The molecule has 0 spiro atoms. The van der Waals surface area contributed by atoms with Crippen molar-refractivity contribution in [3.63, 3.8) is 0 Å². The van der Waals surface area contributed by atoms with Crippen molar-refractivity contribution in [3.05, 3.63) is 63.8 Å². The van der Waals surface area contributed by atoms with Crippen molar-refractivity contribution >= 4 is 5.91 Å². The van der Waals surface area contributed by atoms with E-state index in [2.05, 4.69) is 4.98 Å². The number of carbonyl (C=O) groups is 1. The van der Waals surface area contributed by atoms with Crippen LogP contribution in [0.2, 0.25) is 0 Å². The minimum absolute atomic E-state index is 0.0140. The van der Waals surface area contributed by atoms with E-state index in [1.807, 2.05) is 58.0 Å². The van der Waals surface area contributed by atoms with Gasteiger partial charge >= 0.3 is 0 Å². The highest BCUT2D eigenvalue weighted by Gasteiger charge is 2.22. The largest absolute Gasteiger partial charge is 0.334 e. The number of aryl methyl sites for hydroxylation is 1. The summed E-state index contributed by atoms with van der Waals surface area (Å²) in [5.41, 5.74) is 1.73. The second-order valence-electron chi connectivity index (χ2n) is 6.87. The number of amides is 1. The predicted molar refractivity (Wildman–Crippen MR) is 103 cm³/mol. The summed E-state index contributed by atoms with van der Waals surface area (Å²) in [6, 6.07) is 5.59. The lowest BCUT2D eigenvalue weighted by Gasteiger charge is -2.24. The van der Waals surface area contributed by atoms with Crippen molar-refractivity contribution in [1.29, 1.82) is 0 Å². The van der Waals surface area contributed by atoms with Crippen LogP contribution in [-0.4, -0.2) is 52.4 Å². The molecule has 1 unspecified atom stereocenters. The molecule has 0 aliphatic carbocycles. The zero-order valence-electron chi connectivity index (χ0n) is 16.3. The van der Waals surface area contributed by atoms with Gasteiger partial charge < -0.3 is 14.4 Å². The normalized spacial score (nSPS) is 12.2. The first kappa shape index (κ1) is 19.8. The number of rotatable bonds is 7. The van der Waals surface area contributed by atoms with E-state index in [-0.39, 0.29) is 23.1 Å². The van der Waals surface area contributed by atoms with Crippen LogP contribution < -0.4 is 5.56 Å². The van der Waals surface area contributed by atoms with Gasteiger partial charge in [-0.3, -0.25) is 14.6 Å². The number of hydrogen-bond donors (Lipinski definition) is 0. The van der Waals surface area contributed by atoms with E-state index >= 15 is 0 Å². The van der Waals surface area contributed by atoms with Gasteiger partial charge in [-0.05, 0) is 64.2 Å². The van der Waals surface area contributed by atoms with Crippen molar-refractivity contribution in [2.24, 2.45) is 0 Å². The van der Waals surface area contributed by atoms with Gasteiger partial charge in [0.2, 0.25) is 0 Å². The number of pyridine rings is 2. The molecule has 0 radical (unpaired) electrons. The molecular formula is C20H28N4O2. The molecule has 0 saturated carbocycles. The highest BCUT2D eigenvalue weighted by atomic mass is 16.2. The average molecular weight is 356 g/mol. The van der Waals surface area contributed by atoms with Crippen LogP contribution in [0.15, 0.2) is 41.6 Å². The number of nitrogens with zero attached hydrogens (tertiary/aromatic N) is 4. The maximum atomic E-state index is 13.1. The van der Waals surface area contributed by atoms with Gasteiger partial charge in [0.1, 0.15) is 5.56 Å². The monoisotopic (exact) mass is 356 g/mol. The molecule has 1 amide bonds. The SMILES string of the molecule is CCN(Cc1ccncc1)C(=O)c1c(C)ccn(C(C)CN(C)C)c1=O. The van der Waals surface area contributed by atoms with Crippen molar-refractivity contribution < 1.29 is 4.79 Å². The lowest BCUT2D eigenvalue weighted by Crippen LogP contribution is -2.39. The minimum Gasteiger partial charge on any atom is -0.334 e. The smallest absolute Gasteiger partial charge is 0.263 e. The molecule has 1 atom stereocenters. The zero-order valence-corrected chi connectivity index (χ0v) is 16.3. The Kier molecular flexibility index (Phi) is 6.69. The lowest BCUT2D eigenvalue weighted by molar-refractivity contribution is 0.0749. The van der Waals surface area contributed by atoms with Crippen LogP contribution in [0.4, 0.5) is 0 Å². The standard InChI is InChI=1S/C20H28N4O2/c1-6-23(14-17-7-10-21-11-8-17)19(25)18-15(2)9-12-24(20(18)26)16(3)13-22(4)5/h7-12,16H,6,13-14H2,1-5H3. The summed E-state index contributed by atoms with van der Waals surface area (Å²) in [4.78, 5) is 33.8. The van der Waals surface area contributed by atoms with E-state index in [1.54, 1.807) is 28.1 Å². The fourth-order valence-corrected chi connectivity index (χ4v) is 3.06. The van der Waals surface area contributed by atoms with Crippen LogP contribution in [0, 0.1) is 6.92 Å². The second-order valence-corrected chi connectivity index (χ2v) is 6.87. The molecule has 2 rings (SSSR count). The Morgan fingerprint density at radius 1 is 1.23 bits per heavy atom. The summed E-state index contributed by atoms with van der Waals surface area (Å²) in [6.07, 6.45) is 5.19. The van der Waals surface area contributed by atoms with E-state index in [0.29, 0.717) is 18.7 Å². The van der Waals surface area contributed by atoms with E-state index in [9.17, 15) is 9.59 Å². The van der Waals surface area contributed by atoms with Gasteiger partial charge in [-0.15, -0.1) is 0 Å².